The summed E-state index contributed by atoms with van der Waals surface area (Å²) in [6, 6.07) is 4.48. The van der Waals surface area contributed by atoms with Gasteiger partial charge in [0.2, 0.25) is 10.0 Å². The molecule has 1 aromatic rings. The van der Waals surface area contributed by atoms with Crippen LogP contribution in [0.4, 0.5) is 0 Å². The lowest BCUT2D eigenvalue weighted by Crippen LogP contribution is -2.52. The first-order valence-corrected chi connectivity index (χ1v) is 8.99. The Hall–Kier alpha value is -1.60. The van der Waals surface area contributed by atoms with E-state index >= 15 is 0 Å². The maximum absolute atomic E-state index is 12.3. The first-order chi connectivity index (χ1) is 10.4. The van der Waals surface area contributed by atoms with Crippen molar-refractivity contribution in [1.29, 1.82) is 0 Å². The maximum Gasteiger partial charge on any atom is 0.213 e. The molecule has 22 heavy (non-hydrogen) atoms. The molecule has 1 fully saturated rings. The molecule has 1 spiro atoms. The predicted molar refractivity (Wildman–Crippen MR) is 80.7 cm³/mol. The van der Waals surface area contributed by atoms with Crippen molar-refractivity contribution < 1.29 is 23.1 Å². The van der Waals surface area contributed by atoms with E-state index in [-0.39, 0.29) is 23.7 Å². The van der Waals surface area contributed by atoms with E-state index in [0.29, 0.717) is 37.2 Å². The lowest BCUT2D eigenvalue weighted by molar-refractivity contribution is 0.00582. The van der Waals surface area contributed by atoms with E-state index in [4.69, 9.17) is 4.74 Å². The van der Waals surface area contributed by atoms with Gasteiger partial charge in [-0.3, -0.25) is 4.79 Å². The van der Waals surface area contributed by atoms with Crippen molar-refractivity contribution in [1.82, 2.24) is 4.31 Å². The van der Waals surface area contributed by atoms with E-state index in [1.54, 1.807) is 13.0 Å². The molecule has 6 nitrogen and oxygen atoms in total. The van der Waals surface area contributed by atoms with Crippen LogP contribution < -0.4 is 4.74 Å². The average Bonchev–Trinajstić information content (AvgIpc) is 2.47. The van der Waals surface area contributed by atoms with Gasteiger partial charge < -0.3 is 9.84 Å². The van der Waals surface area contributed by atoms with Crippen LogP contribution in [0.25, 0.3) is 0 Å². The summed E-state index contributed by atoms with van der Waals surface area (Å²) in [6.07, 6.45) is 1.21. The van der Waals surface area contributed by atoms with E-state index in [9.17, 15) is 18.3 Å². The van der Waals surface area contributed by atoms with Crippen LogP contribution >= 0.6 is 0 Å². The van der Waals surface area contributed by atoms with Gasteiger partial charge in [0.1, 0.15) is 17.1 Å². The second kappa shape index (κ2) is 5.24. The average molecular weight is 325 g/mol. The number of phenols is 1. The largest absolute Gasteiger partial charge is 0.508 e. The molecule has 7 heteroatoms. The topological polar surface area (TPSA) is 83.9 Å². The molecule has 0 bridgehead atoms. The third kappa shape index (κ3) is 2.59. The van der Waals surface area contributed by atoms with Gasteiger partial charge in [-0.05, 0) is 19.1 Å². The predicted octanol–water partition coefficient (Wildman–Crippen LogP) is 1.54. The number of piperidine rings is 1. The van der Waals surface area contributed by atoms with Gasteiger partial charge in [-0.25, -0.2) is 12.7 Å². The number of carbonyl (C=O) groups excluding carboxylic acids is 1. The number of benzene rings is 1. The first-order valence-electron chi connectivity index (χ1n) is 7.38. The van der Waals surface area contributed by atoms with Gasteiger partial charge >= 0.3 is 0 Å². The van der Waals surface area contributed by atoms with Gasteiger partial charge in [-0.15, -0.1) is 0 Å². The number of ether oxygens (including phenoxy) is 1. The number of fused-ring (bicyclic) bond motifs is 1. The van der Waals surface area contributed by atoms with Gasteiger partial charge in [-0.2, -0.15) is 0 Å². The van der Waals surface area contributed by atoms with Crippen molar-refractivity contribution in [2.24, 2.45) is 0 Å². The number of ketones is 1. The SMILES string of the molecule is CCS(=O)(=O)N1CCC2(CC1)CC(=O)c1ccc(O)cc1O2. The summed E-state index contributed by atoms with van der Waals surface area (Å²) < 4.78 is 31.3. The van der Waals surface area contributed by atoms with Crippen molar-refractivity contribution in [2.45, 2.75) is 31.8 Å². The minimum atomic E-state index is -3.20. The molecular weight excluding hydrogens is 306 g/mol. The fourth-order valence-corrected chi connectivity index (χ4v) is 4.22. The second-order valence-corrected chi connectivity index (χ2v) is 8.12. The van der Waals surface area contributed by atoms with E-state index in [2.05, 4.69) is 0 Å². The number of aromatic hydroxyl groups is 1. The summed E-state index contributed by atoms with van der Waals surface area (Å²) in [4.78, 5) is 12.3. The van der Waals surface area contributed by atoms with Crippen LogP contribution in [0.2, 0.25) is 0 Å². The Bertz CT molecular complexity index is 705. The molecule has 1 aromatic carbocycles. The molecule has 3 rings (SSSR count). The molecule has 1 saturated heterocycles. The Balaban J connectivity index is 1.82. The lowest BCUT2D eigenvalue weighted by atomic mass is 9.83. The number of phenolic OH excluding ortho intramolecular Hbond substituents is 1. The molecular formula is C15H19NO5S. The van der Waals surface area contributed by atoms with E-state index < -0.39 is 15.6 Å². The summed E-state index contributed by atoms with van der Waals surface area (Å²) in [5.41, 5.74) is -0.176. The number of hydrogen-bond acceptors (Lipinski definition) is 5. The Labute approximate surface area is 129 Å². The molecule has 0 radical (unpaired) electrons. The normalized spacial score (nSPS) is 21.4. The number of rotatable bonds is 2. The smallest absolute Gasteiger partial charge is 0.213 e. The molecule has 0 aromatic heterocycles. The zero-order valence-corrected chi connectivity index (χ0v) is 13.2. The van der Waals surface area contributed by atoms with Gasteiger partial charge in [0.05, 0.1) is 17.7 Å². The van der Waals surface area contributed by atoms with Crippen molar-refractivity contribution in [2.75, 3.05) is 18.8 Å². The summed E-state index contributed by atoms with van der Waals surface area (Å²) >= 11 is 0. The van der Waals surface area contributed by atoms with Crippen LogP contribution in [-0.4, -0.2) is 48.1 Å². The summed E-state index contributed by atoms with van der Waals surface area (Å²) in [5, 5.41) is 9.56. The monoisotopic (exact) mass is 325 g/mol. The van der Waals surface area contributed by atoms with Crippen LogP contribution in [0.5, 0.6) is 11.5 Å². The van der Waals surface area contributed by atoms with E-state index in [0.717, 1.165) is 0 Å². The zero-order valence-electron chi connectivity index (χ0n) is 12.4. The lowest BCUT2D eigenvalue weighted by Gasteiger charge is -2.43. The highest BCUT2D eigenvalue weighted by Crippen LogP contribution is 2.40. The minimum absolute atomic E-state index is 0.0203. The summed E-state index contributed by atoms with van der Waals surface area (Å²) in [5.74, 6) is 0.502. The quantitative estimate of drug-likeness (QED) is 0.892. The Morgan fingerprint density at radius 1 is 1.32 bits per heavy atom. The van der Waals surface area contributed by atoms with Crippen molar-refractivity contribution in [3.63, 3.8) is 0 Å². The fraction of sp³-hybridized carbons (Fsp3) is 0.533. The number of hydrogen-bond donors (Lipinski definition) is 1. The highest BCUT2D eigenvalue weighted by molar-refractivity contribution is 7.89. The molecule has 1 N–H and O–H groups in total. The van der Waals surface area contributed by atoms with Crippen molar-refractivity contribution >= 4 is 15.8 Å². The zero-order chi connectivity index (χ0) is 16.0. The Kier molecular flexibility index (Phi) is 3.65. The van der Waals surface area contributed by atoms with Crippen LogP contribution in [0.15, 0.2) is 18.2 Å². The fourth-order valence-electron chi connectivity index (χ4n) is 3.12. The molecule has 120 valence electrons. The third-order valence-electron chi connectivity index (χ3n) is 4.47. The molecule has 2 aliphatic rings. The molecule has 0 atom stereocenters. The van der Waals surface area contributed by atoms with E-state index in [1.165, 1.54) is 16.4 Å². The van der Waals surface area contributed by atoms with Gasteiger partial charge in [0.15, 0.2) is 5.78 Å². The van der Waals surface area contributed by atoms with Crippen LogP contribution in [0.1, 0.15) is 36.5 Å². The highest BCUT2D eigenvalue weighted by Gasteiger charge is 2.44. The van der Waals surface area contributed by atoms with Gasteiger partial charge in [0, 0.05) is 32.0 Å². The summed E-state index contributed by atoms with van der Waals surface area (Å²) in [7, 11) is -3.20. The second-order valence-electron chi connectivity index (χ2n) is 5.87. The summed E-state index contributed by atoms with van der Waals surface area (Å²) in [6.45, 7) is 2.34. The van der Waals surface area contributed by atoms with Gasteiger partial charge in [0.25, 0.3) is 0 Å². The Morgan fingerprint density at radius 2 is 2.00 bits per heavy atom. The minimum Gasteiger partial charge on any atom is -0.508 e. The van der Waals surface area contributed by atoms with E-state index in [1.807, 2.05) is 0 Å². The molecule has 2 heterocycles. The number of sulfonamides is 1. The van der Waals surface area contributed by atoms with Crippen molar-refractivity contribution in [3.8, 4) is 11.5 Å². The first kappa shape index (κ1) is 15.3. The number of carbonyl (C=O) groups is 1. The molecule has 0 unspecified atom stereocenters. The molecule has 2 aliphatic heterocycles. The standard InChI is InChI=1S/C15H19NO5S/c1-2-22(19,20)16-7-5-15(6-8-16)10-13(18)12-4-3-11(17)9-14(12)21-15/h3-4,9,17H,2,5-8,10H2,1H3. The molecule has 0 saturated carbocycles. The van der Waals surface area contributed by atoms with Crippen LogP contribution in [0, 0.1) is 0 Å². The third-order valence-corrected chi connectivity index (χ3v) is 6.35. The van der Waals surface area contributed by atoms with Gasteiger partial charge in [-0.1, -0.05) is 0 Å². The maximum atomic E-state index is 12.3. The van der Waals surface area contributed by atoms with Crippen molar-refractivity contribution in [3.05, 3.63) is 23.8 Å². The van der Waals surface area contributed by atoms with Crippen LogP contribution in [0.3, 0.4) is 0 Å². The van der Waals surface area contributed by atoms with Crippen LogP contribution in [-0.2, 0) is 10.0 Å². The number of nitrogens with zero attached hydrogens (tertiary/aromatic N) is 1. The molecule has 0 amide bonds. The molecule has 0 aliphatic carbocycles. The number of Topliss-reactive ketones (excluding diaryl/α,β-unsaturated/α-hetero) is 1. The Morgan fingerprint density at radius 3 is 2.64 bits per heavy atom. The highest BCUT2D eigenvalue weighted by atomic mass is 32.2.